The molecule has 1 heterocycles. The topological polar surface area (TPSA) is 12.9 Å². The second-order valence-corrected chi connectivity index (χ2v) is 4.41. The van der Waals surface area contributed by atoms with E-state index in [0.717, 1.165) is 24.4 Å². The molecule has 6 heteroatoms. The van der Waals surface area contributed by atoms with Gasteiger partial charge in [0.05, 0.1) is 17.5 Å². The van der Waals surface area contributed by atoms with Crippen molar-refractivity contribution in [2.45, 2.75) is 6.18 Å². The maximum Gasteiger partial charge on any atom is 0.416 e. The van der Waals surface area contributed by atoms with E-state index >= 15 is 0 Å². The summed E-state index contributed by atoms with van der Waals surface area (Å²) in [6.07, 6.45) is -3.46. The average molecular weight is 320 g/mol. The van der Waals surface area contributed by atoms with Gasteiger partial charge in [-0.15, -0.1) is 0 Å². The van der Waals surface area contributed by atoms with Gasteiger partial charge in [0.1, 0.15) is 5.82 Å². The van der Waals surface area contributed by atoms with E-state index in [4.69, 9.17) is 0 Å². The summed E-state index contributed by atoms with van der Waals surface area (Å²) in [4.78, 5) is 3.76. The predicted octanol–water partition coefficient (Wildman–Crippen LogP) is 4.67. The summed E-state index contributed by atoms with van der Waals surface area (Å²) < 4.78 is 50.9. The Balaban J connectivity index is 2.53. The number of halogens is 5. The zero-order valence-electron chi connectivity index (χ0n) is 8.80. The molecule has 18 heavy (non-hydrogen) atoms. The fraction of sp³-hybridized carbons (Fsp3) is 0.0833. The second-order valence-electron chi connectivity index (χ2n) is 3.55. The minimum atomic E-state index is -4.42. The maximum absolute atomic E-state index is 12.7. The zero-order chi connectivity index (χ0) is 13.3. The van der Waals surface area contributed by atoms with Crippen LogP contribution in [-0.4, -0.2) is 4.98 Å². The van der Waals surface area contributed by atoms with Gasteiger partial charge in [-0.05, 0) is 30.3 Å². The lowest BCUT2D eigenvalue weighted by atomic mass is 10.1. The van der Waals surface area contributed by atoms with Gasteiger partial charge in [-0.1, -0.05) is 15.9 Å². The van der Waals surface area contributed by atoms with E-state index in [9.17, 15) is 17.6 Å². The number of hydrogen-bond acceptors (Lipinski definition) is 1. The zero-order valence-corrected chi connectivity index (χ0v) is 10.4. The summed E-state index contributed by atoms with van der Waals surface area (Å²) >= 11 is 3.15. The van der Waals surface area contributed by atoms with Crippen LogP contribution in [0.25, 0.3) is 11.3 Å². The lowest BCUT2D eigenvalue weighted by Crippen LogP contribution is -2.05. The molecule has 0 aliphatic rings. The first-order chi connectivity index (χ1) is 8.38. The first-order valence-corrected chi connectivity index (χ1v) is 5.66. The van der Waals surface area contributed by atoms with Gasteiger partial charge in [-0.3, -0.25) is 4.98 Å². The molecule has 0 saturated heterocycles. The first kappa shape index (κ1) is 13.0. The van der Waals surface area contributed by atoms with E-state index in [0.29, 0.717) is 4.47 Å². The molecule has 2 rings (SSSR count). The third-order valence-corrected chi connectivity index (χ3v) is 2.99. The Kier molecular flexibility index (Phi) is 3.38. The minimum absolute atomic E-state index is 0.268. The molecule has 0 aliphatic heterocycles. The van der Waals surface area contributed by atoms with Crippen LogP contribution in [-0.2, 0) is 6.18 Å². The molecule has 2 aromatic rings. The molecule has 1 aromatic heterocycles. The first-order valence-electron chi connectivity index (χ1n) is 4.86. The highest BCUT2D eigenvalue weighted by Gasteiger charge is 2.31. The van der Waals surface area contributed by atoms with Gasteiger partial charge in [0.25, 0.3) is 0 Å². The van der Waals surface area contributed by atoms with Crippen molar-refractivity contribution >= 4 is 15.9 Å². The summed E-state index contributed by atoms with van der Waals surface area (Å²) in [6, 6.07) is 5.72. The molecule has 0 bridgehead atoms. The normalized spacial score (nSPS) is 11.6. The number of rotatable bonds is 1. The van der Waals surface area contributed by atoms with Crippen LogP contribution in [0.5, 0.6) is 0 Å². The Labute approximate surface area is 109 Å². The summed E-state index contributed by atoms with van der Waals surface area (Å²) in [7, 11) is 0. The Morgan fingerprint density at radius 2 is 1.78 bits per heavy atom. The van der Waals surface area contributed by atoms with E-state index < -0.39 is 17.6 Å². The van der Waals surface area contributed by atoms with Gasteiger partial charge in [-0.2, -0.15) is 13.2 Å². The Morgan fingerprint density at radius 3 is 2.33 bits per heavy atom. The summed E-state index contributed by atoms with van der Waals surface area (Å²) in [5.74, 6) is -0.540. The number of aromatic nitrogens is 1. The number of alkyl halides is 3. The quantitative estimate of drug-likeness (QED) is 0.696. The van der Waals surface area contributed by atoms with Crippen molar-refractivity contribution in [3.05, 3.63) is 52.4 Å². The predicted molar refractivity (Wildman–Crippen MR) is 62.3 cm³/mol. The van der Waals surface area contributed by atoms with Crippen LogP contribution in [0.3, 0.4) is 0 Å². The van der Waals surface area contributed by atoms with Crippen molar-refractivity contribution < 1.29 is 17.6 Å². The third kappa shape index (κ3) is 2.69. The van der Waals surface area contributed by atoms with Crippen molar-refractivity contribution in [2.75, 3.05) is 0 Å². The number of hydrogen-bond donors (Lipinski definition) is 0. The van der Waals surface area contributed by atoms with Crippen LogP contribution in [0.4, 0.5) is 17.6 Å². The molecule has 94 valence electrons. The number of nitrogens with zero attached hydrogens (tertiary/aromatic N) is 1. The third-order valence-electron chi connectivity index (χ3n) is 2.30. The Hall–Kier alpha value is -1.43. The summed E-state index contributed by atoms with van der Waals surface area (Å²) in [5.41, 5.74) is -0.231. The Bertz CT molecular complexity index is 563. The lowest BCUT2D eigenvalue weighted by molar-refractivity contribution is -0.137. The van der Waals surface area contributed by atoms with Gasteiger partial charge in [0.15, 0.2) is 0 Å². The molecule has 0 N–H and O–H groups in total. The van der Waals surface area contributed by atoms with E-state index in [-0.39, 0.29) is 11.3 Å². The van der Waals surface area contributed by atoms with Crippen LogP contribution in [0.2, 0.25) is 0 Å². The molecule has 0 fully saturated rings. The largest absolute Gasteiger partial charge is 0.416 e. The molecule has 0 radical (unpaired) electrons. The van der Waals surface area contributed by atoms with Gasteiger partial charge >= 0.3 is 6.18 Å². The number of benzene rings is 1. The molecule has 0 saturated carbocycles. The van der Waals surface area contributed by atoms with Gasteiger partial charge < -0.3 is 0 Å². The van der Waals surface area contributed by atoms with Gasteiger partial charge in [0, 0.05) is 10.0 Å². The summed E-state index contributed by atoms with van der Waals surface area (Å²) in [5, 5.41) is 0. The average Bonchev–Trinajstić information content (AvgIpc) is 2.29. The minimum Gasteiger partial charge on any atom is -0.253 e. The smallest absolute Gasteiger partial charge is 0.253 e. The summed E-state index contributed by atoms with van der Waals surface area (Å²) in [6.45, 7) is 0. The van der Waals surface area contributed by atoms with Crippen molar-refractivity contribution in [3.8, 4) is 11.3 Å². The molecule has 0 atom stereocenters. The van der Waals surface area contributed by atoms with Crippen molar-refractivity contribution in [1.29, 1.82) is 0 Å². The van der Waals surface area contributed by atoms with Crippen LogP contribution in [0, 0.1) is 5.82 Å². The van der Waals surface area contributed by atoms with Gasteiger partial charge in [0.2, 0.25) is 0 Å². The molecular formula is C12H6BrF4N. The van der Waals surface area contributed by atoms with Crippen molar-refractivity contribution in [1.82, 2.24) is 4.98 Å². The highest BCUT2D eigenvalue weighted by Crippen LogP contribution is 2.35. The molecule has 0 spiro atoms. The van der Waals surface area contributed by atoms with Crippen molar-refractivity contribution in [2.24, 2.45) is 0 Å². The Morgan fingerprint density at radius 1 is 1.06 bits per heavy atom. The van der Waals surface area contributed by atoms with E-state index in [1.54, 1.807) is 0 Å². The van der Waals surface area contributed by atoms with Crippen molar-refractivity contribution in [3.63, 3.8) is 0 Å². The molecular weight excluding hydrogens is 314 g/mol. The maximum atomic E-state index is 12.7. The van der Waals surface area contributed by atoms with Crippen LogP contribution in [0.1, 0.15) is 5.56 Å². The van der Waals surface area contributed by atoms with E-state index in [2.05, 4.69) is 20.9 Å². The standard InChI is InChI=1S/C12H6BrF4N/c13-10-3-1-7(12(15,16)17)5-9(10)11-4-2-8(14)6-18-11/h1-6H. The fourth-order valence-corrected chi connectivity index (χ4v) is 1.88. The fourth-order valence-electron chi connectivity index (χ4n) is 1.43. The molecule has 1 aromatic carbocycles. The van der Waals surface area contributed by atoms with E-state index in [1.165, 1.54) is 12.1 Å². The SMILES string of the molecule is Fc1ccc(-c2cc(C(F)(F)F)ccc2Br)nc1. The highest BCUT2D eigenvalue weighted by molar-refractivity contribution is 9.10. The lowest BCUT2D eigenvalue weighted by Gasteiger charge is -2.10. The molecule has 0 aliphatic carbocycles. The second kappa shape index (κ2) is 4.68. The number of pyridine rings is 1. The highest BCUT2D eigenvalue weighted by atomic mass is 79.9. The van der Waals surface area contributed by atoms with Crippen LogP contribution < -0.4 is 0 Å². The molecule has 0 amide bonds. The van der Waals surface area contributed by atoms with Crippen LogP contribution >= 0.6 is 15.9 Å². The molecule has 0 unspecified atom stereocenters. The van der Waals surface area contributed by atoms with E-state index in [1.807, 2.05) is 0 Å². The monoisotopic (exact) mass is 319 g/mol. The van der Waals surface area contributed by atoms with Crippen LogP contribution in [0.15, 0.2) is 41.0 Å². The van der Waals surface area contributed by atoms with Gasteiger partial charge in [-0.25, -0.2) is 4.39 Å². The molecule has 1 nitrogen and oxygen atoms in total.